The molecule has 0 amide bonds. The van der Waals surface area contributed by atoms with Crippen molar-refractivity contribution in [1.82, 2.24) is 0 Å². The van der Waals surface area contributed by atoms with Crippen molar-refractivity contribution in [1.29, 1.82) is 0 Å². The maximum Gasteiger partial charge on any atom is 0.227 e. The molecule has 2 heterocycles. The highest BCUT2D eigenvalue weighted by molar-refractivity contribution is 6.08. The summed E-state index contributed by atoms with van der Waals surface area (Å²) in [5, 5.41) is 21.5. The fourth-order valence-corrected chi connectivity index (χ4v) is 7.86. The van der Waals surface area contributed by atoms with Crippen molar-refractivity contribution in [3.8, 4) is 11.5 Å². The van der Waals surface area contributed by atoms with Gasteiger partial charge in [0.15, 0.2) is 11.5 Å². The van der Waals surface area contributed by atoms with Gasteiger partial charge in [-0.1, -0.05) is 95.5 Å². The van der Waals surface area contributed by atoms with Crippen LogP contribution in [0.1, 0.15) is 120 Å². The van der Waals surface area contributed by atoms with Crippen molar-refractivity contribution in [3.05, 3.63) is 82.7 Å². The Kier molecular flexibility index (Phi) is 12.7. The van der Waals surface area contributed by atoms with E-state index >= 15 is 0 Å². The first kappa shape index (κ1) is 36.0. The lowest BCUT2D eigenvalue weighted by atomic mass is 9.70. The van der Waals surface area contributed by atoms with Gasteiger partial charge in [0.05, 0.1) is 17.8 Å². The smallest absolute Gasteiger partial charge is 0.227 e. The number of unbranched alkanes of at least 4 members (excludes halogenated alkanes) is 4. The fourth-order valence-electron chi connectivity index (χ4n) is 7.86. The van der Waals surface area contributed by atoms with Crippen LogP contribution in [0.4, 0.5) is 0 Å². The van der Waals surface area contributed by atoms with Crippen LogP contribution in [0.2, 0.25) is 0 Å². The molecule has 1 saturated carbocycles. The van der Waals surface area contributed by atoms with Gasteiger partial charge < -0.3 is 26.4 Å². The molecule has 2 aromatic carbocycles. The number of benzene rings is 2. The Morgan fingerprint density at radius 3 is 2.50 bits per heavy atom. The number of quaternary nitrogens is 1. The number of nitrogens with one attached hydrogen (secondary N) is 1. The van der Waals surface area contributed by atoms with E-state index < -0.39 is 12.3 Å². The first-order valence-electron chi connectivity index (χ1n) is 18.4. The van der Waals surface area contributed by atoms with Crippen molar-refractivity contribution in [3.63, 3.8) is 0 Å². The number of Topliss-reactive ketones (excluding diaryl/α,β-unsaturated/α-hetero) is 1. The first-order valence-corrected chi connectivity index (χ1v) is 18.4. The number of hydrogen-bond donors (Lipinski definition) is 5. The number of aliphatic hydroxyl groups is 1. The molecule has 7 N–H and O–H groups in total. The molecular formula is C40H57N4O4+. The number of carbonyl (C=O) groups is 1. The predicted molar refractivity (Wildman–Crippen MR) is 192 cm³/mol. The quantitative estimate of drug-likeness (QED) is 0.0941. The van der Waals surface area contributed by atoms with Crippen molar-refractivity contribution in [2.75, 3.05) is 13.3 Å². The summed E-state index contributed by atoms with van der Waals surface area (Å²) < 4.78 is 6.19. The topological polar surface area (TPSA) is 136 Å². The Balaban J connectivity index is 1.21. The number of ether oxygens (including phenoxy) is 1. The predicted octanol–water partition coefficient (Wildman–Crippen LogP) is 5.92. The lowest BCUT2D eigenvalue weighted by Gasteiger charge is -2.32. The van der Waals surface area contributed by atoms with Crippen LogP contribution in [0.5, 0.6) is 11.5 Å². The zero-order valence-electron chi connectivity index (χ0n) is 29.1. The molecule has 2 aliphatic heterocycles. The second kappa shape index (κ2) is 16.9. The molecule has 8 nitrogen and oxygen atoms in total. The normalized spacial score (nSPS) is 19.5. The summed E-state index contributed by atoms with van der Waals surface area (Å²) >= 11 is 0. The van der Waals surface area contributed by atoms with Crippen LogP contribution < -0.4 is 21.1 Å². The van der Waals surface area contributed by atoms with Crippen molar-refractivity contribution < 1.29 is 24.6 Å². The van der Waals surface area contributed by atoms with Crippen LogP contribution in [-0.4, -0.2) is 41.1 Å². The molecule has 48 heavy (non-hydrogen) atoms. The monoisotopic (exact) mass is 657 g/mol. The average molecular weight is 658 g/mol. The van der Waals surface area contributed by atoms with Gasteiger partial charge in [-0.15, -0.1) is 0 Å². The zero-order chi connectivity index (χ0) is 34.1. The number of nitrogens with zero attached hydrogens (tertiary/aromatic N) is 1. The first-order chi connectivity index (χ1) is 23.3. The molecule has 0 bridgehead atoms. The number of rotatable bonds is 19. The number of aromatic hydroxyl groups is 1. The van der Waals surface area contributed by atoms with Gasteiger partial charge in [-0.3, -0.25) is 14.7 Å². The SMILES string of the molecule is CCCCCC(O)C(CCCCC)C(=O)CCc1ccc(O)c(OC[NH+]2C=C3C(C4(c5cccc(C(N)N)c5)CCCC4)=CN=C3C2)c1. The number of phenols is 1. The number of aliphatic imine (C=N–C) groups is 1. The number of aliphatic hydroxyl groups excluding tert-OH is 1. The summed E-state index contributed by atoms with van der Waals surface area (Å²) in [5.74, 6) is 0.329. The Bertz CT molecular complexity index is 1490. The van der Waals surface area contributed by atoms with E-state index in [-0.39, 0.29) is 22.9 Å². The molecule has 3 aliphatic rings. The number of allylic oxidation sites excluding steroid dienone is 1. The lowest BCUT2D eigenvalue weighted by molar-refractivity contribution is -0.851. The molecule has 2 aromatic rings. The molecule has 0 saturated heterocycles. The summed E-state index contributed by atoms with van der Waals surface area (Å²) in [6, 6.07) is 13.8. The van der Waals surface area contributed by atoms with Gasteiger partial charge in [0.1, 0.15) is 24.2 Å². The summed E-state index contributed by atoms with van der Waals surface area (Å²) in [6.45, 7) is 5.37. The third-order valence-corrected chi connectivity index (χ3v) is 10.7. The highest BCUT2D eigenvalue weighted by atomic mass is 16.5. The Morgan fingerprint density at radius 1 is 1.02 bits per heavy atom. The van der Waals surface area contributed by atoms with Crippen LogP contribution in [0.25, 0.3) is 0 Å². The number of hydrogen-bond acceptors (Lipinski definition) is 7. The third-order valence-electron chi connectivity index (χ3n) is 10.7. The van der Waals surface area contributed by atoms with Crippen LogP contribution >= 0.6 is 0 Å². The molecule has 260 valence electrons. The maximum absolute atomic E-state index is 13.3. The van der Waals surface area contributed by atoms with Gasteiger partial charge in [-0.2, -0.15) is 0 Å². The molecular weight excluding hydrogens is 600 g/mol. The minimum atomic E-state index is -0.574. The van der Waals surface area contributed by atoms with E-state index in [1.165, 1.54) is 29.6 Å². The van der Waals surface area contributed by atoms with Gasteiger partial charge in [-0.05, 0) is 66.5 Å². The van der Waals surface area contributed by atoms with E-state index in [0.717, 1.165) is 79.5 Å². The summed E-state index contributed by atoms with van der Waals surface area (Å²) in [4.78, 5) is 19.3. The van der Waals surface area contributed by atoms with Gasteiger partial charge in [0.2, 0.25) is 6.73 Å². The van der Waals surface area contributed by atoms with Crippen molar-refractivity contribution in [2.24, 2.45) is 22.4 Å². The third kappa shape index (κ3) is 8.46. The molecule has 0 aromatic heterocycles. The maximum atomic E-state index is 13.3. The minimum Gasteiger partial charge on any atom is -0.504 e. The second-order valence-electron chi connectivity index (χ2n) is 14.2. The average Bonchev–Trinajstić information content (AvgIpc) is 3.83. The minimum absolute atomic E-state index is 0.0844. The Morgan fingerprint density at radius 2 is 1.77 bits per heavy atom. The van der Waals surface area contributed by atoms with E-state index in [9.17, 15) is 15.0 Å². The number of ketones is 1. The van der Waals surface area contributed by atoms with E-state index in [1.807, 2.05) is 18.2 Å². The van der Waals surface area contributed by atoms with Crippen LogP contribution in [-0.2, 0) is 16.6 Å². The number of phenolic OH excluding ortho intramolecular Hbond substituents is 1. The van der Waals surface area contributed by atoms with Crippen LogP contribution in [0.15, 0.2) is 71.0 Å². The fraction of sp³-hybridized carbons (Fsp3) is 0.550. The highest BCUT2D eigenvalue weighted by Crippen LogP contribution is 2.50. The van der Waals surface area contributed by atoms with Crippen LogP contribution in [0, 0.1) is 5.92 Å². The molecule has 8 heteroatoms. The van der Waals surface area contributed by atoms with E-state index in [2.05, 4.69) is 44.4 Å². The summed E-state index contributed by atoms with van der Waals surface area (Å²) in [7, 11) is 0. The van der Waals surface area contributed by atoms with Gasteiger partial charge in [0, 0.05) is 24.0 Å². The lowest BCUT2D eigenvalue weighted by Crippen LogP contribution is -3.07. The van der Waals surface area contributed by atoms with E-state index in [4.69, 9.17) is 21.2 Å². The molecule has 5 rings (SSSR count). The van der Waals surface area contributed by atoms with Gasteiger partial charge >= 0.3 is 0 Å². The standard InChI is InChI=1S/C40H56N4O4/c1-3-5-7-14-31(35(45)15-8-6-4-2)36(46)18-16-28-17-19-37(47)38(22-28)48-27-44-25-32-33(24-43-34(32)26-44)40(20-9-10-21-40)30-13-11-12-29(23-30)39(41)42/h11-13,17,19,22-25,31,35,39,45,47H,3-10,14-16,18,20-21,26-27,41-42H2,1-2H3/p+1. The number of aryl methyl sites for hydroxylation is 1. The van der Waals surface area contributed by atoms with E-state index in [0.29, 0.717) is 38.3 Å². The molecule has 0 spiro atoms. The number of nitrogens with two attached hydrogens (primary N) is 2. The number of carbonyl (C=O) groups excluding carboxylic acids is 1. The highest BCUT2D eigenvalue weighted by Gasteiger charge is 2.45. The molecule has 3 unspecified atom stereocenters. The Hall–Kier alpha value is -3.30. The Labute approximate surface area is 287 Å². The zero-order valence-corrected chi connectivity index (χ0v) is 29.1. The van der Waals surface area contributed by atoms with Gasteiger partial charge in [0.25, 0.3) is 0 Å². The second-order valence-corrected chi connectivity index (χ2v) is 14.2. The van der Waals surface area contributed by atoms with E-state index in [1.54, 1.807) is 6.07 Å². The largest absolute Gasteiger partial charge is 0.504 e. The van der Waals surface area contributed by atoms with Gasteiger partial charge in [-0.25, -0.2) is 0 Å². The van der Waals surface area contributed by atoms with Crippen molar-refractivity contribution in [2.45, 2.75) is 121 Å². The molecule has 3 atom stereocenters. The molecule has 1 aliphatic carbocycles. The van der Waals surface area contributed by atoms with Crippen molar-refractivity contribution >= 4 is 11.5 Å². The summed E-state index contributed by atoms with van der Waals surface area (Å²) in [6.07, 6.45) is 16.3. The number of fused-ring (bicyclic) bond motifs is 1. The van der Waals surface area contributed by atoms with Crippen LogP contribution in [0.3, 0.4) is 0 Å². The molecule has 0 radical (unpaired) electrons. The summed E-state index contributed by atoms with van der Waals surface area (Å²) in [5.41, 5.74) is 18.7. The molecule has 1 fully saturated rings.